The number of likely N-dealkylation sites (tertiary alicyclic amines) is 1. The molecular weight excluding hydrogens is 300 g/mol. The van der Waals surface area contributed by atoms with Crippen molar-refractivity contribution in [1.29, 1.82) is 0 Å². The van der Waals surface area contributed by atoms with Crippen LogP contribution in [-0.2, 0) is 6.54 Å². The molecule has 130 valence electrons. The quantitative estimate of drug-likeness (QED) is 0.819. The number of oxazole rings is 1. The van der Waals surface area contributed by atoms with Crippen molar-refractivity contribution in [2.45, 2.75) is 59.5 Å². The van der Waals surface area contributed by atoms with Gasteiger partial charge < -0.3 is 9.15 Å². The third kappa shape index (κ3) is 3.20. The zero-order valence-corrected chi connectivity index (χ0v) is 15.5. The maximum absolute atomic E-state index is 6.01. The second-order valence-electron chi connectivity index (χ2n) is 6.90. The van der Waals surface area contributed by atoms with Crippen molar-refractivity contribution in [3.63, 3.8) is 0 Å². The standard InChI is InChI=1S/C20H28N2O2/c1-13-8-6-7-11-22(13)12-18-16(4)24-20(21-18)17-9-10-19(23-5)15(3)14(17)2/h9-10,13H,6-8,11-12H2,1-5H3/t13-/m1/s1. The zero-order chi connectivity index (χ0) is 17.3. The summed E-state index contributed by atoms with van der Waals surface area (Å²) in [6.45, 7) is 10.5. The molecule has 4 nitrogen and oxygen atoms in total. The molecule has 1 aromatic carbocycles. The van der Waals surface area contributed by atoms with Crippen LogP contribution in [0.5, 0.6) is 5.75 Å². The van der Waals surface area contributed by atoms with Gasteiger partial charge in [0.1, 0.15) is 11.5 Å². The summed E-state index contributed by atoms with van der Waals surface area (Å²) in [6.07, 6.45) is 3.90. The van der Waals surface area contributed by atoms with Crippen LogP contribution >= 0.6 is 0 Å². The molecule has 0 aliphatic carbocycles. The molecule has 3 rings (SSSR count). The first kappa shape index (κ1) is 17.0. The first-order valence-electron chi connectivity index (χ1n) is 8.86. The number of hydrogen-bond donors (Lipinski definition) is 0. The van der Waals surface area contributed by atoms with Gasteiger partial charge in [-0.1, -0.05) is 6.42 Å². The normalized spacial score (nSPS) is 18.8. The molecule has 1 saturated heterocycles. The molecule has 1 fully saturated rings. The van der Waals surface area contributed by atoms with E-state index in [4.69, 9.17) is 14.1 Å². The van der Waals surface area contributed by atoms with Crippen LogP contribution < -0.4 is 4.74 Å². The molecule has 1 aromatic heterocycles. The Kier molecular flexibility index (Phi) is 4.95. The largest absolute Gasteiger partial charge is 0.496 e. The Labute approximate surface area is 144 Å². The molecule has 0 bridgehead atoms. The number of aromatic nitrogens is 1. The first-order valence-corrected chi connectivity index (χ1v) is 8.86. The molecule has 1 atom stereocenters. The lowest BCUT2D eigenvalue weighted by molar-refractivity contribution is 0.150. The molecule has 24 heavy (non-hydrogen) atoms. The molecule has 1 aliphatic rings. The average molecular weight is 328 g/mol. The predicted molar refractivity (Wildman–Crippen MR) is 96.4 cm³/mol. The van der Waals surface area contributed by atoms with Gasteiger partial charge in [0.15, 0.2) is 0 Å². The van der Waals surface area contributed by atoms with E-state index in [1.807, 2.05) is 19.1 Å². The summed E-state index contributed by atoms with van der Waals surface area (Å²) in [6, 6.07) is 4.66. The fourth-order valence-corrected chi connectivity index (χ4v) is 3.52. The van der Waals surface area contributed by atoms with Crippen molar-refractivity contribution in [1.82, 2.24) is 9.88 Å². The van der Waals surface area contributed by atoms with Gasteiger partial charge in [0.05, 0.1) is 12.8 Å². The van der Waals surface area contributed by atoms with E-state index in [2.05, 4.69) is 25.7 Å². The highest BCUT2D eigenvalue weighted by Gasteiger charge is 2.22. The summed E-state index contributed by atoms with van der Waals surface area (Å²) in [7, 11) is 1.70. The van der Waals surface area contributed by atoms with Crippen LogP contribution in [0, 0.1) is 20.8 Å². The minimum Gasteiger partial charge on any atom is -0.496 e. The first-order chi connectivity index (χ1) is 11.5. The van der Waals surface area contributed by atoms with Crippen LogP contribution in [0.4, 0.5) is 0 Å². The third-order valence-corrected chi connectivity index (χ3v) is 5.37. The zero-order valence-electron chi connectivity index (χ0n) is 15.5. The number of benzene rings is 1. The monoisotopic (exact) mass is 328 g/mol. The lowest BCUT2D eigenvalue weighted by Gasteiger charge is -2.32. The second-order valence-corrected chi connectivity index (χ2v) is 6.90. The number of aryl methyl sites for hydroxylation is 1. The van der Waals surface area contributed by atoms with Crippen LogP contribution in [0.1, 0.15) is 48.8 Å². The number of methoxy groups -OCH3 is 1. The van der Waals surface area contributed by atoms with E-state index in [-0.39, 0.29) is 0 Å². The van der Waals surface area contributed by atoms with E-state index in [9.17, 15) is 0 Å². The van der Waals surface area contributed by atoms with Crippen molar-refractivity contribution in [2.75, 3.05) is 13.7 Å². The van der Waals surface area contributed by atoms with Crippen LogP contribution in [0.3, 0.4) is 0 Å². The summed E-state index contributed by atoms with van der Waals surface area (Å²) < 4.78 is 11.4. The minimum atomic E-state index is 0.628. The summed E-state index contributed by atoms with van der Waals surface area (Å²) >= 11 is 0. The Morgan fingerprint density at radius 1 is 1.21 bits per heavy atom. The van der Waals surface area contributed by atoms with E-state index in [1.165, 1.54) is 19.3 Å². The number of piperidine rings is 1. The van der Waals surface area contributed by atoms with Crippen LogP contribution in [0.25, 0.3) is 11.5 Å². The van der Waals surface area contributed by atoms with Gasteiger partial charge in [-0.3, -0.25) is 4.90 Å². The van der Waals surface area contributed by atoms with Gasteiger partial charge in [-0.2, -0.15) is 0 Å². The Morgan fingerprint density at radius 2 is 2.00 bits per heavy atom. The van der Waals surface area contributed by atoms with Crippen LogP contribution in [0.2, 0.25) is 0 Å². The van der Waals surface area contributed by atoms with E-state index < -0.39 is 0 Å². The van der Waals surface area contributed by atoms with Gasteiger partial charge in [0.25, 0.3) is 0 Å². The van der Waals surface area contributed by atoms with Gasteiger partial charge >= 0.3 is 0 Å². The Balaban J connectivity index is 1.87. The molecule has 0 spiro atoms. The highest BCUT2D eigenvalue weighted by atomic mass is 16.5. The van der Waals surface area contributed by atoms with E-state index >= 15 is 0 Å². The van der Waals surface area contributed by atoms with Crippen molar-refractivity contribution >= 4 is 0 Å². The fraction of sp³-hybridized carbons (Fsp3) is 0.550. The average Bonchev–Trinajstić information content (AvgIpc) is 2.93. The number of nitrogens with zero attached hydrogens (tertiary/aromatic N) is 2. The molecule has 0 amide bonds. The van der Waals surface area contributed by atoms with Crippen LogP contribution in [0.15, 0.2) is 16.5 Å². The SMILES string of the molecule is COc1ccc(-c2nc(CN3CCCC[C@H]3C)c(C)o2)c(C)c1C. The summed E-state index contributed by atoms with van der Waals surface area (Å²) in [5.74, 6) is 2.55. The Morgan fingerprint density at radius 3 is 2.71 bits per heavy atom. The molecule has 0 saturated carbocycles. The Hall–Kier alpha value is -1.81. The van der Waals surface area contributed by atoms with Crippen molar-refractivity contribution in [2.24, 2.45) is 0 Å². The van der Waals surface area contributed by atoms with E-state index in [0.717, 1.165) is 52.9 Å². The maximum Gasteiger partial charge on any atom is 0.226 e. The lowest BCUT2D eigenvalue weighted by Crippen LogP contribution is -2.37. The van der Waals surface area contributed by atoms with Gasteiger partial charge in [-0.15, -0.1) is 0 Å². The van der Waals surface area contributed by atoms with Crippen LogP contribution in [-0.4, -0.2) is 29.6 Å². The molecule has 2 aromatic rings. The van der Waals surface area contributed by atoms with Crippen molar-refractivity contribution in [3.05, 3.63) is 34.7 Å². The summed E-state index contributed by atoms with van der Waals surface area (Å²) in [5.41, 5.74) is 4.41. The molecule has 0 N–H and O–H groups in total. The molecule has 4 heteroatoms. The third-order valence-electron chi connectivity index (χ3n) is 5.37. The van der Waals surface area contributed by atoms with Gasteiger partial charge in [-0.05, 0) is 70.3 Å². The predicted octanol–water partition coefficient (Wildman–Crippen LogP) is 4.65. The molecule has 0 unspecified atom stereocenters. The highest BCUT2D eigenvalue weighted by molar-refractivity contribution is 5.63. The van der Waals surface area contributed by atoms with Gasteiger partial charge in [-0.25, -0.2) is 4.98 Å². The number of hydrogen-bond acceptors (Lipinski definition) is 4. The molecule has 2 heterocycles. The van der Waals surface area contributed by atoms with E-state index in [1.54, 1.807) is 7.11 Å². The summed E-state index contributed by atoms with van der Waals surface area (Å²) in [4.78, 5) is 7.33. The molecule has 1 aliphatic heterocycles. The van der Waals surface area contributed by atoms with Gasteiger partial charge in [0.2, 0.25) is 5.89 Å². The summed E-state index contributed by atoms with van der Waals surface area (Å²) in [5, 5.41) is 0. The van der Waals surface area contributed by atoms with Crippen molar-refractivity contribution < 1.29 is 9.15 Å². The van der Waals surface area contributed by atoms with E-state index in [0.29, 0.717) is 6.04 Å². The second kappa shape index (κ2) is 6.98. The lowest BCUT2D eigenvalue weighted by atomic mass is 10.0. The smallest absolute Gasteiger partial charge is 0.226 e. The maximum atomic E-state index is 6.01. The topological polar surface area (TPSA) is 38.5 Å². The minimum absolute atomic E-state index is 0.628. The Bertz CT molecular complexity index is 721. The highest BCUT2D eigenvalue weighted by Crippen LogP contribution is 2.32. The number of rotatable bonds is 4. The molecular formula is C20H28N2O2. The fourth-order valence-electron chi connectivity index (χ4n) is 3.52. The molecule has 0 radical (unpaired) electrons. The van der Waals surface area contributed by atoms with Gasteiger partial charge in [0, 0.05) is 18.2 Å². The van der Waals surface area contributed by atoms with Crippen molar-refractivity contribution in [3.8, 4) is 17.2 Å². The number of ether oxygens (including phenoxy) is 1.